The van der Waals surface area contributed by atoms with Crippen molar-refractivity contribution in [2.45, 2.75) is 53.8 Å². The number of ether oxygens (including phenoxy) is 2. The lowest BCUT2D eigenvalue weighted by atomic mass is 10.1. The van der Waals surface area contributed by atoms with Crippen LogP contribution in [0.25, 0.3) is 0 Å². The molecule has 0 bridgehead atoms. The van der Waals surface area contributed by atoms with E-state index in [1.165, 1.54) is 0 Å². The Bertz CT molecular complexity index is 438. The molecule has 0 aromatic carbocycles. The third kappa shape index (κ3) is 8.63. The van der Waals surface area contributed by atoms with Crippen LogP contribution >= 0.6 is 0 Å². The Labute approximate surface area is 158 Å². The van der Waals surface area contributed by atoms with Crippen LogP contribution < -0.4 is 0 Å². The molecule has 0 aliphatic heterocycles. The van der Waals surface area contributed by atoms with Gasteiger partial charge in [0.1, 0.15) is 0 Å². The lowest BCUT2D eigenvalue weighted by Gasteiger charge is -2.33. The first-order valence-corrected chi connectivity index (χ1v) is 9.37. The first-order valence-electron chi connectivity index (χ1n) is 9.37. The fourth-order valence-corrected chi connectivity index (χ4v) is 2.41. The molecule has 0 aromatic heterocycles. The summed E-state index contributed by atoms with van der Waals surface area (Å²) in [5.74, 6) is -0.948. The van der Waals surface area contributed by atoms with Crippen LogP contribution in [0.4, 0.5) is 0 Å². The largest absolute Gasteiger partial charge is 0.454 e. The van der Waals surface area contributed by atoms with Crippen molar-refractivity contribution in [1.82, 2.24) is 9.80 Å². The SMILES string of the molecule is C=C(C)C(=O)OC(CN(CC)CC)C(CN(CC)CC)OC(=O)C(=C)C. The number of carbonyl (C=O) groups excluding carboxylic acids is 2. The zero-order valence-electron chi connectivity index (χ0n) is 17.3. The van der Waals surface area contributed by atoms with E-state index in [4.69, 9.17) is 9.47 Å². The van der Waals surface area contributed by atoms with Crippen LogP contribution in [0.3, 0.4) is 0 Å². The molecule has 0 aromatic rings. The second-order valence-electron chi connectivity index (χ2n) is 6.42. The molecule has 0 aliphatic rings. The second-order valence-corrected chi connectivity index (χ2v) is 6.42. The maximum absolute atomic E-state index is 12.1. The quantitative estimate of drug-likeness (QED) is 0.368. The van der Waals surface area contributed by atoms with Crippen molar-refractivity contribution in [3.05, 3.63) is 24.3 Å². The maximum Gasteiger partial charge on any atom is 0.333 e. The highest BCUT2D eigenvalue weighted by molar-refractivity contribution is 5.88. The fraction of sp³-hybridized carbons (Fsp3) is 0.700. The third-order valence-electron chi connectivity index (χ3n) is 4.29. The fourth-order valence-electron chi connectivity index (χ4n) is 2.41. The molecule has 0 N–H and O–H groups in total. The minimum atomic E-state index is -0.581. The number of rotatable bonds is 13. The van der Waals surface area contributed by atoms with E-state index in [1.807, 2.05) is 27.7 Å². The van der Waals surface area contributed by atoms with Gasteiger partial charge in [0.15, 0.2) is 12.2 Å². The van der Waals surface area contributed by atoms with Gasteiger partial charge in [-0.1, -0.05) is 40.9 Å². The van der Waals surface area contributed by atoms with Gasteiger partial charge in [0.25, 0.3) is 0 Å². The second kappa shape index (κ2) is 12.7. The summed E-state index contributed by atoms with van der Waals surface area (Å²) in [5.41, 5.74) is 0.643. The molecule has 2 atom stereocenters. The van der Waals surface area contributed by atoms with Crippen LogP contribution in [0.2, 0.25) is 0 Å². The normalized spacial score (nSPS) is 13.4. The van der Waals surface area contributed by atoms with Crippen molar-refractivity contribution in [2.75, 3.05) is 39.3 Å². The molecule has 0 heterocycles. The third-order valence-corrected chi connectivity index (χ3v) is 4.29. The lowest BCUT2D eigenvalue weighted by Crippen LogP contribution is -2.49. The van der Waals surface area contributed by atoms with Crippen LogP contribution in [0.5, 0.6) is 0 Å². The Balaban J connectivity index is 5.60. The van der Waals surface area contributed by atoms with Gasteiger partial charge < -0.3 is 19.3 Å². The smallest absolute Gasteiger partial charge is 0.333 e. The first-order chi connectivity index (χ1) is 12.2. The Hall–Kier alpha value is -1.66. The van der Waals surface area contributed by atoms with Crippen molar-refractivity contribution < 1.29 is 19.1 Å². The van der Waals surface area contributed by atoms with Crippen LogP contribution in [0.15, 0.2) is 24.3 Å². The van der Waals surface area contributed by atoms with E-state index in [0.717, 1.165) is 26.2 Å². The summed E-state index contributed by atoms with van der Waals surface area (Å²) >= 11 is 0. The van der Waals surface area contributed by atoms with Gasteiger partial charge in [-0.2, -0.15) is 0 Å². The molecule has 0 fully saturated rings. The van der Waals surface area contributed by atoms with Crippen molar-refractivity contribution in [1.29, 1.82) is 0 Å². The van der Waals surface area contributed by atoms with E-state index in [-0.39, 0.29) is 0 Å². The number of likely N-dealkylation sites (N-methyl/N-ethyl adjacent to an activating group) is 2. The molecule has 0 saturated carbocycles. The van der Waals surface area contributed by atoms with Gasteiger partial charge in [-0.05, 0) is 40.0 Å². The van der Waals surface area contributed by atoms with Gasteiger partial charge >= 0.3 is 11.9 Å². The minimum absolute atomic E-state index is 0.322. The van der Waals surface area contributed by atoms with Crippen molar-refractivity contribution in [3.63, 3.8) is 0 Å². The van der Waals surface area contributed by atoms with Crippen LogP contribution in [-0.4, -0.2) is 73.2 Å². The Morgan fingerprint density at radius 1 is 0.731 bits per heavy atom. The van der Waals surface area contributed by atoms with Gasteiger partial charge in [0.05, 0.1) is 0 Å². The van der Waals surface area contributed by atoms with E-state index < -0.39 is 24.1 Å². The summed E-state index contributed by atoms with van der Waals surface area (Å²) in [6, 6.07) is 0. The molecule has 6 nitrogen and oxygen atoms in total. The molecular formula is C20H36N2O4. The topological polar surface area (TPSA) is 59.1 Å². The molecule has 2 unspecified atom stereocenters. The zero-order valence-corrected chi connectivity index (χ0v) is 17.3. The van der Waals surface area contributed by atoms with Gasteiger partial charge in [0.2, 0.25) is 0 Å². The summed E-state index contributed by atoms with van der Waals surface area (Å²) in [4.78, 5) is 28.6. The molecular weight excluding hydrogens is 332 g/mol. The average Bonchev–Trinajstić information content (AvgIpc) is 2.61. The summed E-state index contributed by atoms with van der Waals surface area (Å²) in [5, 5.41) is 0. The molecule has 0 spiro atoms. The molecule has 6 heteroatoms. The van der Waals surface area contributed by atoms with Gasteiger partial charge in [0, 0.05) is 24.2 Å². The van der Waals surface area contributed by atoms with Crippen LogP contribution in [0.1, 0.15) is 41.5 Å². The first kappa shape index (κ1) is 24.3. The number of hydrogen-bond acceptors (Lipinski definition) is 6. The van der Waals surface area contributed by atoms with E-state index in [1.54, 1.807) is 13.8 Å². The van der Waals surface area contributed by atoms with E-state index in [2.05, 4.69) is 23.0 Å². The highest BCUT2D eigenvalue weighted by atomic mass is 16.6. The van der Waals surface area contributed by atoms with Gasteiger partial charge in [-0.3, -0.25) is 0 Å². The Morgan fingerprint density at radius 3 is 1.19 bits per heavy atom. The van der Waals surface area contributed by atoms with E-state index in [0.29, 0.717) is 24.2 Å². The lowest BCUT2D eigenvalue weighted by molar-refractivity contribution is -0.165. The summed E-state index contributed by atoms with van der Waals surface area (Å²) in [6.45, 7) is 22.9. The predicted molar refractivity (Wildman–Crippen MR) is 105 cm³/mol. The van der Waals surface area contributed by atoms with E-state index in [9.17, 15) is 9.59 Å². The zero-order chi connectivity index (χ0) is 20.3. The minimum Gasteiger partial charge on any atom is -0.454 e. The van der Waals surface area contributed by atoms with Crippen molar-refractivity contribution in [3.8, 4) is 0 Å². The molecule has 0 aliphatic carbocycles. The highest BCUT2D eigenvalue weighted by Crippen LogP contribution is 2.14. The maximum atomic E-state index is 12.1. The number of hydrogen-bond donors (Lipinski definition) is 0. The Morgan fingerprint density at radius 2 is 1.00 bits per heavy atom. The van der Waals surface area contributed by atoms with Gasteiger partial charge in [-0.15, -0.1) is 0 Å². The number of esters is 2. The van der Waals surface area contributed by atoms with Crippen molar-refractivity contribution in [2.24, 2.45) is 0 Å². The van der Waals surface area contributed by atoms with E-state index >= 15 is 0 Å². The molecule has 0 radical (unpaired) electrons. The summed E-state index contributed by atoms with van der Waals surface area (Å²) < 4.78 is 11.3. The monoisotopic (exact) mass is 368 g/mol. The standard InChI is InChI=1S/C20H36N2O4/c1-9-21(10-2)13-17(25-19(23)15(5)6)18(14-22(11-3)12-4)26-20(24)16(7)8/h17-18H,5,7,9-14H2,1-4,6,8H3. The Kier molecular flexibility index (Phi) is 11.8. The average molecular weight is 369 g/mol. The van der Waals surface area contributed by atoms with Crippen LogP contribution in [0, 0.1) is 0 Å². The number of nitrogens with zero attached hydrogens (tertiary/aromatic N) is 2. The molecule has 150 valence electrons. The molecule has 26 heavy (non-hydrogen) atoms. The molecule has 0 saturated heterocycles. The summed E-state index contributed by atoms with van der Waals surface area (Å²) in [7, 11) is 0. The highest BCUT2D eigenvalue weighted by Gasteiger charge is 2.31. The molecule has 0 amide bonds. The van der Waals surface area contributed by atoms with Crippen LogP contribution in [-0.2, 0) is 19.1 Å². The van der Waals surface area contributed by atoms with Crippen molar-refractivity contribution >= 4 is 11.9 Å². The predicted octanol–water partition coefficient (Wildman–Crippen LogP) is 2.65. The molecule has 0 rings (SSSR count). The summed E-state index contributed by atoms with van der Waals surface area (Å²) in [6.07, 6.45) is -1.16. The van der Waals surface area contributed by atoms with Gasteiger partial charge in [-0.25, -0.2) is 9.59 Å². The number of carbonyl (C=O) groups is 2.